The van der Waals surface area contributed by atoms with Crippen LogP contribution in [0.5, 0.6) is 0 Å². The first-order chi connectivity index (χ1) is 34.1. The van der Waals surface area contributed by atoms with Gasteiger partial charge in [-0.3, -0.25) is 4.79 Å². The highest BCUT2D eigenvalue weighted by Gasteiger charge is 2.55. The molecule has 5 N–H and O–H groups in total. The Balaban J connectivity index is 1.45. The van der Waals surface area contributed by atoms with Crippen molar-refractivity contribution in [2.45, 2.75) is 221 Å². The van der Waals surface area contributed by atoms with Gasteiger partial charge >= 0.3 is 5.97 Å². The molecular formula is C54H92FN5O12S. The molecule has 0 amide bonds. The van der Waals surface area contributed by atoms with Gasteiger partial charge in [0.1, 0.15) is 48.8 Å². The van der Waals surface area contributed by atoms with E-state index in [1.54, 1.807) is 66.6 Å². The third-order valence-corrected chi connectivity index (χ3v) is 17.4. The average molecular weight is 1050 g/mol. The molecule has 0 aliphatic carbocycles. The van der Waals surface area contributed by atoms with Crippen LogP contribution in [0.2, 0.25) is 0 Å². The SMILES string of the molecule is CC[C@H]1OC(=O)[C@H](C)C([C@H]2C[C@@](C)(OC)[C@@H](O)[C@H](C)O2)[C@H](C)[C@@H](O[C@@H]2O[C@H](C)C[C@H](N(C)CCc3cn([C@H](CF)[C@H](OC)c4ccc(SC(C)C)cc4)nn3)[C@H]2O)[C@](C)(O)C[C@@H](C)CN(C)[C@H](C)[C@@H](O)[C@]1(C)O. The van der Waals surface area contributed by atoms with Crippen molar-refractivity contribution < 1.29 is 63.1 Å². The zero-order chi connectivity index (χ0) is 54.5. The van der Waals surface area contributed by atoms with Gasteiger partial charge in [-0.1, -0.05) is 58.9 Å². The summed E-state index contributed by atoms with van der Waals surface area (Å²) in [6.07, 6.45) is -6.07. The van der Waals surface area contributed by atoms with Crippen LogP contribution in [0.25, 0.3) is 0 Å². The maximum absolute atomic E-state index is 14.8. The van der Waals surface area contributed by atoms with Crippen molar-refractivity contribution in [2.24, 2.45) is 23.7 Å². The van der Waals surface area contributed by atoms with Crippen LogP contribution in [-0.4, -0.2) is 194 Å². The Morgan fingerprint density at radius 3 is 2.23 bits per heavy atom. The van der Waals surface area contributed by atoms with Crippen LogP contribution in [0.1, 0.15) is 132 Å². The number of benzene rings is 1. The number of carbonyl (C=O) groups excluding carboxylic acids is 1. The third kappa shape index (κ3) is 14.4. The van der Waals surface area contributed by atoms with E-state index in [4.69, 9.17) is 28.4 Å². The Morgan fingerprint density at radius 1 is 0.986 bits per heavy atom. The quantitative estimate of drug-likeness (QED) is 0.0997. The van der Waals surface area contributed by atoms with Crippen molar-refractivity contribution in [3.63, 3.8) is 0 Å². The monoisotopic (exact) mass is 1050 g/mol. The number of aromatic nitrogens is 3. The second kappa shape index (κ2) is 25.9. The maximum atomic E-state index is 14.8. The number of rotatable bonds is 16. The van der Waals surface area contributed by atoms with E-state index in [-0.39, 0.29) is 31.3 Å². The van der Waals surface area contributed by atoms with Crippen LogP contribution in [0.3, 0.4) is 0 Å². The minimum atomic E-state index is -1.83. The maximum Gasteiger partial charge on any atom is 0.309 e. The number of hydrogen-bond donors (Lipinski definition) is 5. The van der Waals surface area contributed by atoms with Crippen molar-refractivity contribution >= 4 is 17.7 Å². The lowest BCUT2D eigenvalue weighted by Gasteiger charge is -2.51. The van der Waals surface area contributed by atoms with Gasteiger partial charge in [-0.2, -0.15) is 0 Å². The fourth-order valence-corrected chi connectivity index (χ4v) is 12.9. The number of methoxy groups -OCH3 is 2. The molecule has 4 heterocycles. The molecule has 17 nitrogen and oxygen atoms in total. The van der Waals surface area contributed by atoms with Gasteiger partial charge in [-0.25, -0.2) is 9.07 Å². The molecular weight excluding hydrogens is 962 g/mol. The summed E-state index contributed by atoms with van der Waals surface area (Å²) in [7, 11) is 6.84. The predicted molar refractivity (Wildman–Crippen MR) is 278 cm³/mol. The molecule has 3 fully saturated rings. The van der Waals surface area contributed by atoms with Crippen molar-refractivity contribution in [1.82, 2.24) is 24.8 Å². The number of nitrogens with zero attached hydrogens (tertiary/aromatic N) is 5. The van der Waals surface area contributed by atoms with Gasteiger partial charge in [0.05, 0.1) is 47.2 Å². The zero-order valence-corrected chi connectivity index (χ0v) is 47.4. The second-order valence-corrected chi connectivity index (χ2v) is 24.5. The summed E-state index contributed by atoms with van der Waals surface area (Å²) in [5.41, 5.74) is -3.04. The standard InChI is InChI=1S/C54H92FN5O12S/c1-17-43-54(12,66)47(62)35(8)59(14)28-31(4)25-52(10,65)49(33(6)44(34(7)50(64)71-43)42-26-53(11,68-16)48(63)36(9)70-42)72-51-45(61)40(24-32(5)69-51)58(13)23-22-38-29-60(57-56-38)41(27-55)46(67-15)37-18-20-39(21-19-37)73-30(2)3/h18-21,29-36,40-49,51,61-63,65-66H,17,22-28H2,1-16H3/t31-,32-,33+,34-,35-,36+,40+,41-,42-,43-,44?,45-,46-,47-,48+,49-,51+,52-,53-,54-/m1/s1. The molecule has 3 aliphatic heterocycles. The van der Waals surface area contributed by atoms with Crippen LogP contribution in [0, 0.1) is 23.7 Å². The molecule has 73 heavy (non-hydrogen) atoms. The number of esters is 1. The highest BCUT2D eigenvalue weighted by Crippen LogP contribution is 2.45. The Labute approximate surface area is 439 Å². The fraction of sp³-hybridized carbons (Fsp3) is 0.833. The number of carbonyl (C=O) groups is 1. The van der Waals surface area contributed by atoms with Crippen LogP contribution in [0.15, 0.2) is 35.4 Å². The van der Waals surface area contributed by atoms with E-state index >= 15 is 0 Å². The first-order valence-corrected chi connectivity index (χ1v) is 27.4. The Bertz CT molecular complexity index is 2020. The molecule has 20 atom stereocenters. The zero-order valence-electron chi connectivity index (χ0n) is 46.6. The topological polar surface area (TPSA) is 211 Å². The number of aliphatic hydroxyl groups excluding tert-OH is 3. The van der Waals surface area contributed by atoms with Gasteiger partial charge in [-0.15, -0.1) is 16.9 Å². The number of likely N-dealkylation sites (N-methyl/N-ethyl adjacent to an activating group) is 2. The molecule has 0 saturated carbocycles. The summed E-state index contributed by atoms with van der Waals surface area (Å²) < 4.78 is 54.4. The molecule has 19 heteroatoms. The van der Waals surface area contributed by atoms with E-state index in [9.17, 15) is 34.7 Å². The molecule has 0 spiro atoms. The van der Waals surface area contributed by atoms with E-state index in [0.717, 1.165) is 10.5 Å². The molecule has 1 aromatic carbocycles. The number of thioether (sulfide) groups is 1. The number of aliphatic hydroxyl groups is 5. The number of ether oxygens (including phenoxy) is 6. The first kappa shape index (κ1) is 61.5. The predicted octanol–water partition coefficient (Wildman–Crippen LogP) is 5.78. The van der Waals surface area contributed by atoms with Gasteiger partial charge in [0.15, 0.2) is 6.29 Å². The Kier molecular flexibility index (Phi) is 21.8. The summed E-state index contributed by atoms with van der Waals surface area (Å²) in [6, 6.07) is 6.18. The largest absolute Gasteiger partial charge is 0.459 e. The van der Waals surface area contributed by atoms with E-state index in [0.29, 0.717) is 36.9 Å². The van der Waals surface area contributed by atoms with E-state index < -0.39 is 120 Å². The van der Waals surface area contributed by atoms with Gasteiger partial charge in [0.2, 0.25) is 0 Å². The smallest absolute Gasteiger partial charge is 0.309 e. The van der Waals surface area contributed by atoms with E-state index in [2.05, 4.69) is 24.2 Å². The van der Waals surface area contributed by atoms with Gasteiger partial charge < -0.3 is 63.8 Å². The molecule has 3 saturated heterocycles. The lowest BCUT2D eigenvalue weighted by molar-refractivity contribution is -0.302. The van der Waals surface area contributed by atoms with Gasteiger partial charge in [0, 0.05) is 74.5 Å². The summed E-state index contributed by atoms with van der Waals surface area (Å²) in [6.45, 7) is 22.3. The van der Waals surface area contributed by atoms with E-state index in [1.165, 1.54) is 18.7 Å². The lowest BCUT2D eigenvalue weighted by atomic mass is 9.68. The Hall–Kier alpha value is -2.37. The van der Waals surface area contributed by atoms with Crippen molar-refractivity contribution in [2.75, 3.05) is 48.1 Å². The second-order valence-electron chi connectivity index (χ2n) is 22.8. The highest BCUT2D eigenvalue weighted by molar-refractivity contribution is 7.99. The van der Waals surface area contributed by atoms with Crippen LogP contribution in [0.4, 0.5) is 4.39 Å². The summed E-state index contributed by atoms with van der Waals surface area (Å²) in [5, 5.41) is 69.4. The fourth-order valence-electron chi connectivity index (χ4n) is 12.1. The molecule has 5 rings (SSSR count). The van der Waals surface area contributed by atoms with Crippen molar-refractivity contribution in [3.8, 4) is 0 Å². The molecule has 3 aliphatic rings. The Morgan fingerprint density at radius 2 is 1.64 bits per heavy atom. The number of alkyl halides is 1. The third-order valence-electron chi connectivity index (χ3n) is 16.4. The average Bonchev–Trinajstić information content (AvgIpc) is 3.80. The summed E-state index contributed by atoms with van der Waals surface area (Å²) in [4.78, 5) is 19.7. The van der Waals surface area contributed by atoms with Crippen LogP contribution >= 0.6 is 11.8 Å². The summed E-state index contributed by atoms with van der Waals surface area (Å²) >= 11 is 1.75. The normalized spacial score (nSPS) is 39.7. The van der Waals surface area contributed by atoms with Crippen LogP contribution in [-0.2, 0) is 39.6 Å². The van der Waals surface area contributed by atoms with Gasteiger partial charge in [0.25, 0.3) is 0 Å². The van der Waals surface area contributed by atoms with E-state index in [1.807, 2.05) is 68.9 Å². The highest BCUT2D eigenvalue weighted by atomic mass is 32.2. The molecule has 1 unspecified atom stereocenters. The molecule has 1 aromatic heterocycles. The minimum Gasteiger partial charge on any atom is -0.459 e. The minimum absolute atomic E-state index is 0.177. The molecule has 2 aromatic rings. The number of halogens is 1. The summed E-state index contributed by atoms with van der Waals surface area (Å²) in [5.74, 6) is -3.23. The first-order valence-electron chi connectivity index (χ1n) is 26.5. The van der Waals surface area contributed by atoms with Crippen molar-refractivity contribution in [1.29, 1.82) is 0 Å². The van der Waals surface area contributed by atoms with Gasteiger partial charge in [-0.05, 0) is 104 Å². The number of hydrogen-bond acceptors (Lipinski definition) is 17. The molecule has 418 valence electrons. The number of cyclic esters (lactones) is 1. The molecule has 0 radical (unpaired) electrons. The van der Waals surface area contributed by atoms with Crippen molar-refractivity contribution in [3.05, 3.63) is 41.7 Å². The van der Waals surface area contributed by atoms with Crippen LogP contribution < -0.4 is 0 Å². The lowest BCUT2D eigenvalue weighted by Crippen LogP contribution is -2.62. The molecule has 0 bridgehead atoms.